The lowest BCUT2D eigenvalue weighted by molar-refractivity contribution is -0.121. The van der Waals surface area contributed by atoms with E-state index in [-0.39, 0.29) is 23.8 Å². The van der Waals surface area contributed by atoms with E-state index in [0.717, 1.165) is 12.8 Å². The molecule has 1 aromatic rings. The minimum Gasteiger partial charge on any atom is -0.490 e. The highest BCUT2D eigenvalue weighted by Gasteiger charge is 2.28. The summed E-state index contributed by atoms with van der Waals surface area (Å²) >= 11 is 0. The SMILES string of the molecule is CC(C)(NS(=O)(=O)CCCCCN1CCC(=O)NC1=O)c1ccc(F)c(OCC2CC2)c1. The van der Waals surface area contributed by atoms with Crippen LogP contribution in [0.4, 0.5) is 9.18 Å². The lowest BCUT2D eigenvalue weighted by Gasteiger charge is -2.27. The highest BCUT2D eigenvalue weighted by atomic mass is 32.2. The van der Waals surface area contributed by atoms with Gasteiger partial charge >= 0.3 is 6.03 Å². The van der Waals surface area contributed by atoms with E-state index in [0.29, 0.717) is 50.4 Å². The van der Waals surface area contributed by atoms with E-state index in [1.807, 2.05) is 0 Å². The molecule has 1 heterocycles. The number of amides is 3. The highest BCUT2D eigenvalue weighted by Crippen LogP contribution is 2.32. The fourth-order valence-electron chi connectivity index (χ4n) is 3.58. The maximum Gasteiger partial charge on any atom is 0.324 e. The zero-order chi connectivity index (χ0) is 23.4. The van der Waals surface area contributed by atoms with Crippen molar-refractivity contribution in [2.45, 2.75) is 57.9 Å². The number of hydrogen-bond donors (Lipinski definition) is 2. The molecule has 0 unspecified atom stereocenters. The molecule has 1 saturated heterocycles. The van der Waals surface area contributed by atoms with Crippen molar-refractivity contribution in [3.63, 3.8) is 0 Å². The van der Waals surface area contributed by atoms with E-state index in [2.05, 4.69) is 10.0 Å². The fraction of sp³-hybridized carbons (Fsp3) is 0.636. The van der Waals surface area contributed by atoms with Crippen LogP contribution in [0.1, 0.15) is 57.9 Å². The second kappa shape index (κ2) is 10.2. The number of benzene rings is 1. The average Bonchev–Trinajstić information content (AvgIpc) is 3.52. The van der Waals surface area contributed by atoms with Gasteiger partial charge < -0.3 is 9.64 Å². The van der Waals surface area contributed by atoms with E-state index in [1.165, 1.54) is 6.07 Å². The van der Waals surface area contributed by atoms with Crippen LogP contribution in [0, 0.1) is 11.7 Å². The van der Waals surface area contributed by atoms with E-state index < -0.39 is 27.4 Å². The van der Waals surface area contributed by atoms with E-state index in [9.17, 15) is 22.4 Å². The lowest BCUT2D eigenvalue weighted by atomic mass is 9.95. The summed E-state index contributed by atoms with van der Waals surface area (Å²) in [6.45, 7) is 4.82. The van der Waals surface area contributed by atoms with Gasteiger partial charge in [-0.15, -0.1) is 0 Å². The van der Waals surface area contributed by atoms with Gasteiger partial charge in [-0.1, -0.05) is 12.5 Å². The number of ether oxygens (including phenoxy) is 1. The first-order chi connectivity index (χ1) is 15.1. The first-order valence-electron chi connectivity index (χ1n) is 11.1. The molecule has 1 aliphatic carbocycles. The lowest BCUT2D eigenvalue weighted by Crippen LogP contribution is -2.49. The van der Waals surface area contributed by atoms with E-state index in [1.54, 1.807) is 30.9 Å². The third kappa shape index (κ3) is 7.16. The molecule has 2 N–H and O–H groups in total. The maximum atomic E-state index is 14.1. The van der Waals surface area contributed by atoms with Crippen LogP contribution in [0.5, 0.6) is 5.75 Å². The monoisotopic (exact) mass is 469 g/mol. The van der Waals surface area contributed by atoms with Crippen LogP contribution in [0.3, 0.4) is 0 Å². The Hall–Kier alpha value is -2.20. The third-order valence-electron chi connectivity index (χ3n) is 5.72. The Kier molecular flexibility index (Phi) is 7.76. The van der Waals surface area contributed by atoms with Crippen LogP contribution in [-0.4, -0.2) is 50.7 Å². The molecule has 8 nitrogen and oxygen atoms in total. The minimum absolute atomic E-state index is 0.0483. The summed E-state index contributed by atoms with van der Waals surface area (Å²) in [6.07, 6.45) is 4.21. The molecule has 32 heavy (non-hydrogen) atoms. The van der Waals surface area contributed by atoms with E-state index in [4.69, 9.17) is 4.74 Å². The number of urea groups is 1. The van der Waals surface area contributed by atoms with Gasteiger partial charge in [0.1, 0.15) is 0 Å². The maximum absolute atomic E-state index is 14.1. The molecule has 2 aliphatic rings. The van der Waals surface area contributed by atoms with E-state index >= 15 is 0 Å². The van der Waals surface area contributed by atoms with Gasteiger partial charge in [0.15, 0.2) is 11.6 Å². The third-order valence-corrected chi connectivity index (χ3v) is 7.37. The fourth-order valence-corrected chi connectivity index (χ4v) is 5.16. The summed E-state index contributed by atoms with van der Waals surface area (Å²) in [5.41, 5.74) is -0.304. The van der Waals surface area contributed by atoms with Crippen molar-refractivity contribution < 1.29 is 27.1 Å². The summed E-state index contributed by atoms with van der Waals surface area (Å²) in [4.78, 5) is 24.4. The summed E-state index contributed by atoms with van der Waals surface area (Å²) in [5.74, 6) is -0.150. The average molecular weight is 470 g/mol. The molecule has 0 atom stereocenters. The molecule has 1 saturated carbocycles. The summed E-state index contributed by atoms with van der Waals surface area (Å²) in [7, 11) is -3.57. The number of nitrogens with one attached hydrogen (secondary N) is 2. The first kappa shape index (κ1) is 24.4. The van der Waals surface area contributed by atoms with Gasteiger partial charge in [0.05, 0.1) is 17.9 Å². The summed E-state index contributed by atoms with van der Waals surface area (Å²) < 4.78 is 47.6. The number of rotatable bonds is 12. The molecule has 3 rings (SSSR count). The van der Waals surface area contributed by atoms with Crippen molar-refractivity contribution in [1.82, 2.24) is 14.9 Å². The van der Waals surface area contributed by atoms with Crippen molar-refractivity contribution in [2.75, 3.05) is 25.4 Å². The molecule has 3 amide bonds. The Morgan fingerprint density at radius 1 is 1.22 bits per heavy atom. The van der Waals surface area contributed by atoms with Gasteiger partial charge in [0.2, 0.25) is 15.9 Å². The standard InChI is InChI=1S/C22H32FN3O5S/c1-22(2,17-8-9-18(23)19(14-17)31-15-16-6-7-16)25-32(29,30)13-5-3-4-11-26-12-10-20(27)24-21(26)28/h8-9,14,16,25H,3-7,10-13,15H2,1-2H3,(H,24,27,28). The molecule has 10 heteroatoms. The molecule has 0 spiro atoms. The molecular weight excluding hydrogens is 437 g/mol. The zero-order valence-corrected chi connectivity index (χ0v) is 19.5. The Morgan fingerprint density at radius 2 is 1.97 bits per heavy atom. The topological polar surface area (TPSA) is 105 Å². The normalized spacial score (nSPS) is 17.4. The smallest absolute Gasteiger partial charge is 0.324 e. The number of nitrogens with zero attached hydrogens (tertiary/aromatic N) is 1. The second-order valence-electron chi connectivity index (χ2n) is 9.10. The number of halogens is 1. The number of carbonyl (C=O) groups excluding carboxylic acids is 2. The molecule has 178 valence electrons. The number of sulfonamides is 1. The molecule has 0 radical (unpaired) electrons. The van der Waals surface area contributed by atoms with Crippen LogP contribution in [-0.2, 0) is 20.4 Å². The Labute approximate surface area is 188 Å². The quantitative estimate of drug-likeness (QED) is 0.458. The van der Waals surface area contributed by atoms with Crippen LogP contribution >= 0.6 is 0 Å². The number of hydrogen-bond acceptors (Lipinski definition) is 5. The van der Waals surface area contributed by atoms with Crippen LogP contribution in [0.15, 0.2) is 18.2 Å². The van der Waals surface area contributed by atoms with Crippen LogP contribution < -0.4 is 14.8 Å². The van der Waals surface area contributed by atoms with Gasteiger partial charge in [-0.25, -0.2) is 22.3 Å². The second-order valence-corrected chi connectivity index (χ2v) is 10.9. The zero-order valence-electron chi connectivity index (χ0n) is 18.7. The van der Waals surface area contributed by atoms with Crippen LogP contribution in [0.25, 0.3) is 0 Å². The van der Waals surface area contributed by atoms with Gasteiger partial charge in [-0.2, -0.15) is 0 Å². The summed E-state index contributed by atoms with van der Waals surface area (Å²) in [5, 5.41) is 2.27. The van der Waals surface area contributed by atoms with Gasteiger partial charge in [-0.3, -0.25) is 10.1 Å². The van der Waals surface area contributed by atoms with Crippen LogP contribution in [0.2, 0.25) is 0 Å². The summed E-state index contributed by atoms with van der Waals surface area (Å²) in [6, 6.07) is 4.04. The number of carbonyl (C=O) groups is 2. The van der Waals surface area contributed by atoms with Crippen molar-refractivity contribution in [1.29, 1.82) is 0 Å². The van der Waals surface area contributed by atoms with Gasteiger partial charge in [0, 0.05) is 19.5 Å². The molecule has 0 bridgehead atoms. The largest absolute Gasteiger partial charge is 0.490 e. The number of imide groups is 1. The molecule has 0 aromatic heterocycles. The Balaban J connectivity index is 1.46. The molecular formula is C22H32FN3O5S. The van der Waals surface area contributed by atoms with Crippen molar-refractivity contribution in [3.8, 4) is 5.75 Å². The highest BCUT2D eigenvalue weighted by molar-refractivity contribution is 7.89. The number of unbranched alkanes of at least 4 members (excludes halogenated alkanes) is 2. The predicted molar refractivity (Wildman–Crippen MR) is 118 cm³/mol. The van der Waals surface area contributed by atoms with Crippen molar-refractivity contribution in [2.24, 2.45) is 5.92 Å². The van der Waals surface area contributed by atoms with Gasteiger partial charge in [0.25, 0.3) is 0 Å². The Morgan fingerprint density at radius 3 is 2.66 bits per heavy atom. The van der Waals surface area contributed by atoms with Gasteiger partial charge in [-0.05, 0) is 63.1 Å². The Bertz CT molecular complexity index is 947. The van der Waals surface area contributed by atoms with Crippen molar-refractivity contribution in [3.05, 3.63) is 29.6 Å². The predicted octanol–water partition coefficient (Wildman–Crippen LogP) is 2.88. The molecule has 1 aliphatic heterocycles. The molecule has 2 fully saturated rings. The molecule has 1 aromatic carbocycles. The first-order valence-corrected chi connectivity index (χ1v) is 12.7. The van der Waals surface area contributed by atoms with Crippen molar-refractivity contribution >= 4 is 22.0 Å². The minimum atomic E-state index is -3.57.